The highest BCUT2D eigenvalue weighted by Crippen LogP contribution is 2.37. The SMILES string of the molecule is Cc1sc2nc(CN3CCOCC3)nc(Oc3ccc4nccnc4c3)c2c1C. The van der Waals surface area contributed by atoms with Crippen molar-refractivity contribution >= 4 is 32.6 Å². The first kappa shape index (κ1) is 18.4. The van der Waals surface area contributed by atoms with Gasteiger partial charge in [-0.3, -0.25) is 14.9 Å². The molecule has 0 aliphatic carbocycles. The van der Waals surface area contributed by atoms with E-state index in [0.717, 1.165) is 53.4 Å². The van der Waals surface area contributed by atoms with Crippen LogP contribution < -0.4 is 4.74 Å². The minimum atomic E-state index is 0.600. The van der Waals surface area contributed by atoms with Crippen LogP contribution >= 0.6 is 11.3 Å². The Morgan fingerprint density at radius 3 is 2.69 bits per heavy atom. The fraction of sp³-hybridized carbons (Fsp3) is 0.333. The van der Waals surface area contributed by atoms with E-state index in [1.165, 1.54) is 10.4 Å². The molecule has 0 N–H and O–H groups in total. The van der Waals surface area contributed by atoms with E-state index in [4.69, 9.17) is 19.4 Å². The number of morpholine rings is 1. The van der Waals surface area contributed by atoms with Crippen molar-refractivity contribution in [2.24, 2.45) is 0 Å². The Labute approximate surface area is 172 Å². The summed E-state index contributed by atoms with van der Waals surface area (Å²) >= 11 is 1.69. The Morgan fingerprint density at radius 2 is 1.86 bits per heavy atom. The largest absolute Gasteiger partial charge is 0.438 e. The maximum absolute atomic E-state index is 6.27. The molecule has 29 heavy (non-hydrogen) atoms. The van der Waals surface area contributed by atoms with Gasteiger partial charge < -0.3 is 9.47 Å². The van der Waals surface area contributed by atoms with Gasteiger partial charge in [-0.15, -0.1) is 11.3 Å². The van der Waals surface area contributed by atoms with Crippen molar-refractivity contribution in [3.05, 3.63) is 46.9 Å². The number of aromatic nitrogens is 4. The minimum Gasteiger partial charge on any atom is -0.438 e. The molecule has 1 fully saturated rings. The zero-order valence-corrected chi connectivity index (χ0v) is 17.2. The summed E-state index contributed by atoms with van der Waals surface area (Å²) in [6.45, 7) is 8.18. The van der Waals surface area contributed by atoms with Crippen LogP contribution in [-0.2, 0) is 11.3 Å². The second-order valence-electron chi connectivity index (χ2n) is 7.11. The number of thiophene rings is 1. The smallest absolute Gasteiger partial charge is 0.231 e. The van der Waals surface area contributed by atoms with Crippen LogP contribution in [0.2, 0.25) is 0 Å². The van der Waals surface area contributed by atoms with Gasteiger partial charge in [-0.05, 0) is 31.5 Å². The Hall–Kier alpha value is -2.68. The van der Waals surface area contributed by atoms with Gasteiger partial charge in [0.15, 0.2) is 0 Å². The van der Waals surface area contributed by atoms with E-state index < -0.39 is 0 Å². The summed E-state index contributed by atoms with van der Waals surface area (Å²) < 4.78 is 11.7. The minimum absolute atomic E-state index is 0.600. The van der Waals surface area contributed by atoms with Gasteiger partial charge in [0.05, 0.1) is 36.2 Å². The average Bonchev–Trinajstić information content (AvgIpc) is 3.02. The number of ether oxygens (including phenoxy) is 2. The fourth-order valence-electron chi connectivity index (χ4n) is 3.48. The molecule has 0 spiro atoms. The second kappa shape index (κ2) is 7.62. The quantitative estimate of drug-likeness (QED) is 0.508. The van der Waals surface area contributed by atoms with Crippen molar-refractivity contribution in [1.82, 2.24) is 24.8 Å². The van der Waals surface area contributed by atoms with Gasteiger partial charge in [0.1, 0.15) is 16.4 Å². The molecule has 1 aliphatic heterocycles. The van der Waals surface area contributed by atoms with Crippen molar-refractivity contribution in [2.45, 2.75) is 20.4 Å². The lowest BCUT2D eigenvalue weighted by Gasteiger charge is -2.25. The van der Waals surface area contributed by atoms with Crippen LogP contribution in [0.4, 0.5) is 0 Å². The van der Waals surface area contributed by atoms with E-state index >= 15 is 0 Å². The van der Waals surface area contributed by atoms with Gasteiger partial charge in [-0.1, -0.05) is 0 Å². The van der Waals surface area contributed by atoms with Gasteiger partial charge in [-0.25, -0.2) is 4.98 Å². The zero-order valence-electron chi connectivity index (χ0n) is 16.4. The molecular formula is C21H21N5O2S. The van der Waals surface area contributed by atoms with E-state index in [2.05, 4.69) is 28.7 Å². The molecule has 4 heterocycles. The molecule has 4 aromatic rings. The number of nitrogens with zero attached hydrogens (tertiary/aromatic N) is 5. The third-order valence-electron chi connectivity index (χ3n) is 5.17. The lowest BCUT2D eigenvalue weighted by Crippen LogP contribution is -2.36. The van der Waals surface area contributed by atoms with E-state index in [1.54, 1.807) is 23.7 Å². The average molecular weight is 407 g/mol. The van der Waals surface area contributed by atoms with Gasteiger partial charge in [0.25, 0.3) is 0 Å². The normalized spacial score (nSPS) is 15.2. The van der Waals surface area contributed by atoms with Crippen LogP contribution in [0.15, 0.2) is 30.6 Å². The van der Waals surface area contributed by atoms with E-state index in [0.29, 0.717) is 18.2 Å². The summed E-state index contributed by atoms with van der Waals surface area (Å²) in [5, 5.41) is 0.984. The van der Waals surface area contributed by atoms with Crippen molar-refractivity contribution in [3.63, 3.8) is 0 Å². The van der Waals surface area contributed by atoms with Gasteiger partial charge >= 0.3 is 0 Å². The monoisotopic (exact) mass is 407 g/mol. The molecular weight excluding hydrogens is 386 g/mol. The molecule has 0 atom stereocenters. The number of hydrogen-bond donors (Lipinski definition) is 0. The Kier molecular flexibility index (Phi) is 4.83. The fourth-order valence-corrected chi connectivity index (χ4v) is 4.52. The molecule has 8 heteroatoms. The van der Waals surface area contributed by atoms with Crippen LogP contribution in [0, 0.1) is 13.8 Å². The van der Waals surface area contributed by atoms with Crippen molar-refractivity contribution in [3.8, 4) is 11.6 Å². The molecule has 0 amide bonds. The predicted molar refractivity (Wildman–Crippen MR) is 113 cm³/mol. The summed E-state index contributed by atoms with van der Waals surface area (Å²) in [5.41, 5.74) is 2.80. The van der Waals surface area contributed by atoms with Crippen molar-refractivity contribution in [1.29, 1.82) is 0 Å². The predicted octanol–water partition coefficient (Wildman–Crippen LogP) is 3.88. The van der Waals surface area contributed by atoms with Crippen molar-refractivity contribution < 1.29 is 9.47 Å². The van der Waals surface area contributed by atoms with E-state index in [1.807, 2.05) is 18.2 Å². The lowest BCUT2D eigenvalue weighted by molar-refractivity contribution is 0.0330. The maximum atomic E-state index is 6.27. The van der Waals surface area contributed by atoms with Crippen LogP contribution in [0.1, 0.15) is 16.3 Å². The van der Waals surface area contributed by atoms with Crippen LogP contribution in [0.3, 0.4) is 0 Å². The number of aryl methyl sites for hydroxylation is 2. The molecule has 5 rings (SSSR count). The van der Waals surface area contributed by atoms with E-state index in [9.17, 15) is 0 Å². The van der Waals surface area contributed by atoms with E-state index in [-0.39, 0.29) is 0 Å². The molecule has 0 bridgehead atoms. The Balaban J connectivity index is 1.54. The molecule has 0 radical (unpaired) electrons. The molecule has 1 saturated heterocycles. The number of rotatable bonds is 4. The molecule has 7 nitrogen and oxygen atoms in total. The van der Waals surface area contributed by atoms with Gasteiger partial charge in [0.2, 0.25) is 5.88 Å². The Bertz CT molecular complexity index is 1190. The molecule has 0 unspecified atom stereocenters. The summed E-state index contributed by atoms with van der Waals surface area (Å²) in [4.78, 5) is 22.8. The highest BCUT2D eigenvalue weighted by Gasteiger charge is 2.19. The summed E-state index contributed by atoms with van der Waals surface area (Å²) in [6.07, 6.45) is 3.37. The molecule has 1 aliphatic rings. The standard InChI is InChI=1S/C21H21N5O2S/c1-13-14(2)29-21-19(13)20(24-18(25-21)12-26-7-9-27-10-8-26)28-15-3-4-16-17(11-15)23-6-5-22-16/h3-6,11H,7-10,12H2,1-2H3. The maximum Gasteiger partial charge on any atom is 0.231 e. The number of fused-ring (bicyclic) bond motifs is 2. The topological polar surface area (TPSA) is 73.3 Å². The molecule has 3 aromatic heterocycles. The van der Waals surface area contributed by atoms with Crippen LogP contribution in [-0.4, -0.2) is 51.1 Å². The van der Waals surface area contributed by atoms with Gasteiger partial charge in [-0.2, -0.15) is 4.98 Å². The first-order chi connectivity index (χ1) is 14.2. The van der Waals surface area contributed by atoms with Crippen molar-refractivity contribution in [2.75, 3.05) is 26.3 Å². The van der Waals surface area contributed by atoms with Crippen LogP contribution in [0.25, 0.3) is 21.3 Å². The van der Waals surface area contributed by atoms with Gasteiger partial charge in [0, 0.05) is 36.4 Å². The highest BCUT2D eigenvalue weighted by atomic mass is 32.1. The first-order valence-corrected chi connectivity index (χ1v) is 10.4. The highest BCUT2D eigenvalue weighted by molar-refractivity contribution is 7.18. The molecule has 0 saturated carbocycles. The number of hydrogen-bond acceptors (Lipinski definition) is 8. The number of benzene rings is 1. The van der Waals surface area contributed by atoms with Crippen LogP contribution in [0.5, 0.6) is 11.6 Å². The zero-order chi connectivity index (χ0) is 19.8. The molecule has 148 valence electrons. The molecule has 1 aromatic carbocycles. The second-order valence-corrected chi connectivity index (χ2v) is 8.31. The summed E-state index contributed by atoms with van der Waals surface area (Å²) in [7, 11) is 0. The third-order valence-corrected chi connectivity index (χ3v) is 6.27. The first-order valence-electron chi connectivity index (χ1n) is 9.63. The summed E-state index contributed by atoms with van der Waals surface area (Å²) in [6, 6.07) is 5.71. The third kappa shape index (κ3) is 3.66. The lowest BCUT2D eigenvalue weighted by atomic mass is 10.2. The Morgan fingerprint density at radius 1 is 1.07 bits per heavy atom. The summed E-state index contributed by atoms with van der Waals surface area (Å²) in [5.74, 6) is 2.07.